The first-order valence-corrected chi connectivity index (χ1v) is 12.5. The normalized spacial score (nSPS) is 15.0. The van der Waals surface area contributed by atoms with Crippen LogP contribution in [0.2, 0.25) is 0 Å². The van der Waals surface area contributed by atoms with Crippen LogP contribution in [0.1, 0.15) is 52.8 Å². The van der Waals surface area contributed by atoms with E-state index in [2.05, 4.69) is 10.9 Å². The number of amides is 2. The van der Waals surface area contributed by atoms with Crippen molar-refractivity contribution in [3.05, 3.63) is 65.9 Å². The van der Waals surface area contributed by atoms with E-state index in [9.17, 15) is 18.0 Å². The molecule has 0 radical (unpaired) electrons. The number of nitrogens with one attached hydrogen (secondary N) is 2. The lowest BCUT2D eigenvalue weighted by Gasteiger charge is -2.30. The lowest BCUT2D eigenvalue weighted by molar-refractivity contribution is 0.0847. The fraction of sp³-hybridized carbons (Fsp3) is 0.333. The maximum atomic E-state index is 13.1. The molecule has 174 valence electrons. The van der Waals surface area contributed by atoms with Crippen molar-refractivity contribution < 1.29 is 18.0 Å². The van der Waals surface area contributed by atoms with E-state index in [1.165, 1.54) is 28.6 Å². The lowest BCUT2D eigenvalue weighted by Crippen LogP contribution is -2.41. The molecular formula is C24H28N4O4S. The van der Waals surface area contributed by atoms with Gasteiger partial charge in [-0.2, -0.15) is 4.31 Å². The molecule has 8 nitrogen and oxygen atoms in total. The molecule has 2 amide bonds. The number of sulfonamides is 1. The second-order valence-corrected chi connectivity index (χ2v) is 10.4. The van der Waals surface area contributed by atoms with Gasteiger partial charge in [-0.25, -0.2) is 8.42 Å². The predicted octanol–water partition coefficient (Wildman–Crippen LogP) is 3.21. The molecule has 9 heteroatoms. The zero-order valence-electron chi connectivity index (χ0n) is 18.7. The van der Waals surface area contributed by atoms with Crippen LogP contribution in [0.3, 0.4) is 0 Å². The first-order valence-electron chi connectivity index (χ1n) is 11.0. The number of hydrogen-bond acceptors (Lipinski definition) is 4. The van der Waals surface area contributed by atoms with Crippen LogP contribution in [0.15, 0.2) is 59.6 Å². The van der Waals surface area contributed by atoms with Crippen molar-refractivity contribution in [2.24, 2.45) is 7.05 Å². The van der Waals surface area contributed by atoms with Crippen molar-refractivity contribution in [1.82, 2.24) is 19.7 Å². The van der Waals surface area contributed by atoms with Crippen LogP contribution in [-0.4, -0.2) is 42.2 Å². The average Bonchev–Trinajstić information content (AvgIpc) is 3.19. The Morgan fingerprint density at radius 2 is 1.67 bits per heavy atom. The number of carbonyl (C=O) groups excluding carboxylic acids is 2. The number of carbonyl (C=O) groups is 2. The fourth-order valence-electron chi connectivity index (χ4n) is 4.38. The zero-order chi connectivity index (χ0) is 23.6. The minimum Gasteiger partial charge on any atom is -0.350 e. The van der Waals surface area contributed by atoms with E-state index in [0.717, 1.165) is 43.0 Å². The second-order valence-electron chi connectivity index (χ2n) is 8.42. The molecular weight excluding hydrogens is 440 g/mol. The van der Waals surface area contributed by atoms with Gasteiger partial charge in [0.05, 0.1) is 10.5 Å². The van der Waals surface area contributed by atoms with Crippen molar-refractivity contribution in [1.29, 1.82) is 0 Å². The van der Waals surface area contributed by atoms with Crippen molar-refractivity contribution in [3.63, 3.8) is 0 Å². The highest BCUT2D eigenvalue weighted by atomic mass is 32.2. The molecule has 2 N–H and O–H groups in total. The highest BCUT2D eigenvalue weighted by Gasteiger charge is 2.29. The summed E-state index contributed by atoms with van der Waals surface area (Å²) in [4.78, 5) is 25.4. The van der Waals surface area contributed by atoms with Crippen LogP contribution in [-0.2, 0) is 17.1 Å². The molecule has 0 bridgehead atoms. The molecule has 2 aromatic carbocycles. The Balaban J connectivity index is 1.47. The van der Waals surface area contributed by atoms with Gasteiger partial charge in [0.2, 0.25) is 10.0 Å². The smallest absolute Gasteiger partial charge is 0.271 e. The van der Waals surface area contributed by atoms with Crippen LogP contribution in [0.4, 0.5) is 0 Å². The number of aryl methyl sites for hydroxylation is 1. The van der Waals surface area contributed by atoms with Crippen molar-refractivity contribution >= 4 is 32.7 Å². The molecule has 4 rings (SSSR count). The summed E-state index contributed by atoms with van der Waals surface area (Å²) in [5, 5.41) is 0.769. The van der Waals surface area contributed by atoms with E-state index in [1.54, 1.807) is 13.2 Å². The molecule has 0 spiro atoms. The highest BCUT2D eigenvalue weighted by molar-refractivity contribution is 7.89. The number of nitrogens with zero attached hydrogens (tertiary/aromatic N) is 2. The van der Waals surface area contributed by atoms with Crippen molar-refractivity contribution in [2.75, 3.05) is 7.05 Å². The van der Waals surface area contributed by atoms with Crippen molar-refractivity contribution in [3.8, 4) is 0 Å². The summed E-state index contributed by atoms with van der Waals surface area (Å²) in [6, 6.07) is 13.3. The average molecular weight is 469 g/mol. The van der Waals surface area contributed by atoms with E-state index in [-0.39, 0.29) is 16.5 Å². The number of hydrogen-bond donors (Lipinski definition) is 2. The molecule has 33 heavy (non-hydrogen) atoms. The standard InChI is InChI=1S/C24H28N4O4S/c1-27-16-21(20-13-6-7-14-22(20)27)24(30)26-25-23(29)17-9-8-12-19(15-17)33(31,32)28(2)18-10-4-3-5-11-18/h6-9,12-16,18H,3-5,10-11H2,1-2H3,(H,25,29)(H,26,30). The maximum Gasteiger partial charge on any atom is 0.271 e. The number of para-hydroxylation sites is 1. The Morgan fingerprint density at radius 1 is 0.970 bits per heavy atom. The number of aromatic nitrogens is 1. The third kappa shape index (κ3) is 4.65. The van der Waals surface area contributed by atoms with Gasteiger partial charge in [-0.15, -0.1) is 0 Å². The molecule has 0 atom stereocenters. The summed E-state index contributed by atoms with van der Waals surface area (Å²) in [5.41, 5.74) is 6.28. The van der Waals surface area contributed by atoms with Crippen LogP contribution < -0.4 is 10.9 Å². The van der Waals surface area contributed by atoms with E-state index < -0.39 is 21.8 Å². The summed E-state index contributed by atoms with van der Waals surface area (Å²) in [6.07, 6.45) is 6.55. The minimum absolute atomic E-state index is 0.0267. The van der Waals surface area contributed by atoms with Gasteiger partial charge in [0.15, 0.2) is 0 Å². The summed E-state index contributed by atoms with van der Waals surface area (Å²) in [6.45, 7) is 0. The van der Waals surface area contributed by atoms with E-state index in [1.807, 2.05) is 35.9 Å². The molecule has 0 aliphatic heterocycles. The summed E-state index contributed by atoms with van der Waals surface area (Å²) in [5.74, 6) is -1.05. The zero-order valence-corrected chi connectivity index (χ0v) is 19.6. The number of hydrazine groups is 1. The largest absolute Gasteiger partial charge is 0.350 e. The molecule has 0 unspecified atom stereocenters. The van der Waals surface area contributed by atoms with Crippen LogP contribution >= 0.6 is 0 Å². The van der Waals surface area contributed by atoms with Gasteiger partial charge in [-0.3, -0.25) is 20.4 Å². The Kier molecular flexibility index (Phi) is 6.53. The molecule has 1 saturated carbocycles. The fourth-order valence-corrected chi connectivity index (χ4v) is 5.84. The topological polar surface area (TPSA) is 101 Å². The predicted molar refractivity (Wildman–Crippen MR) is 126 cm³/mol. The third-order valence-corrected chi connectivity index (χ3v) is 8.20. The maximum absolute atomic E-state index is 13.1. The first-order chi connectivity index (χ1) is 15.8. The van der Waals surface area contributed by atoms with Gasteiger partial charge >= 0.3 is 0 Å². The van der Waals surface area contributed by atoms with Gasteiger partial charge in [0.1, 0.15) is 0 Å². The Morgan fingerprint density at radius 3 is 2.42 bits per heavy atom. The quantitative estimate of drug-likeness (QED) is 0.562. The highest BCUT2D eigenvalue weighted by Crippen LogP contribution is 2.27. The second kappa shape index (κ2) is 9.36. The van der Waals surface area contributed by atoms with Crippen LogP contribution in [0, 0.1) is 0 Å². The first kappa shape index (κ1) is 23.0. The van der Waals surface area contributed by atoms with E-state index in [0.29, 0.717) is 5.56 Å². The van der Waals surface area contributed by atoms with Crippen LogP contribution in [0.5, 0.6) is 0 Å². The molecule has 1 aliphatic rings. The van der Waals surface area contributed by atoms with Gasteiger partial charge in [0.25, 0.3) is 11.8 Å². The summed E-state index contributed by atoms with van der Waals surface area (Å²) in [7, 11) is -0.286. The van der Waals surface area contributed by atoms with Gasteiger partial charge in [0, 0.05) is 42.8 Å². The molecule has 3 aromatic rings. The van der Waals surface area contributed by atoms with Crippen molar-refractivity contribution in [2.45, 2.75) is 43.0 Å². The Hall–Kier alpha value is -3.17. The van der Waals surface area contributed by atoms with Gasteiger partial charge < -0.3 is 4.57 Å². The van der Waals surface area contributed by atoms with Gasteiger partial charge in [-0.05, 0) is 37.1 Å². The lowest BCUT2D eigenvalue weighted by atomic mass is 9.96. The summed E-state index contributed by atoms with van der Waals surface area (Å²) >= 11 is 0. The molecule has 1 fully saturated rings. The third-order valence-electron chi connectivity index (χ3n) is 6.29. The minimum atomic E-state index is -3.73. The molecule has 1 heterocycles. The monoisotopic (exact) mass is 468 g/mol. The Labute approximate surface area is 193 Å². The number of fused-ring (bicyclic) bond motifs is 1. The summed E-state index contributed by atoms with van der Waals surface area (Å²) < 4.78 is 29.5. The van der Waals surface area contributed by atoms with E-state index in [4.69, 9.17) is 0 Å². The Bertz CT molecular complexity index is 1290. The van der Waals surface area contributed by atoms with Gasteiger partial charge in [-0.1, -0.05) is 43.5 Å². The van der Waals surface area contributed by atoms with E-state index >= 15 is 0 Å². The SMILES string of the molecule is CN(C1CCCCC1)S(=O)(=O)c1cccc(C(=O)NNC(=O)c2cn(C)c3ccccc23)c1. The number of benzene rings is 2. The molecule has 0 saturated heterocycles. The van der Waals surface area contributed by atoms with Crippen LogP contribution in [0.25, 0.3) is 10.9 Å². The number of rotatable bonds is 5. The molecule has 1 aromatic heterocycles. The molecule has 1 aliphatic carbocycles.